The molecule has 0 radical (unpaired) electrons. The van der Waals surface area contributed by atoms with Crippen LogP contribution in [0.1, 0.15) is 50.7 Å². The maximum atomic E-state index is 13.5. The number of aromatic hydroxyl groups is 1. The first-order valence-electron chi connectivity index (χ1n) is 13.9. The van der Waals surface area contributed by atoms with Gasteiger partial charge < -0.3 is 37.6 Å². The second-order valence-corrected chi connectivity index (χ2v) is 10.6. The first-order chi connectivity index (χ1) is 19.5. The predicted octanol–water partition coefficient (Wildman–Crippen LogP) is 1.22. The highest BCUT2D eigenvalue weighted by atomic mass is 16.4. The van der Waals surface area contributed by atoms with E-state index in [1.807, 2.05) is 19.9 Å². The molecule has 224 valence electrons. The van der Waals surface area contributed by atoms with Crippen LogP contribution in [0.4, 0.5) is 0 Å². The van der Waals surface area contributed by atoms with Gasteiger partial charge in [0.2, 0.25) is 17.7 Å². The number of hydrogen-bond acceptors (Lipinski definition) is 7. The molecule has 0 fully saturated rings. The molecule has 0 aliphatic heterocycles. The summed E-state index contributed by atoms with van der Waals surface area (Å²) >= 11 is 0. The molecule has 11 nitrogen and oxygen atoms in total. The third-order valence-corrected chi connectivity index (χ3v) is 6.55. The zero-order valence-electron chi connectivity index (χ0n) is 23.7. The molecule has 0 saturated heterocycles. The van der Waals surface area contributed by atoms with Gasteiger partial charge in [0.25, 0.3) is 0 Å². The molecule has 0 bridgehead atoms. The summed E-state index contributed by atoms with van der Waals surface area (Å²) in [5.41, 5.74) is 13.2. The number of hydrogen-bond donors (Lipinski definition) is 7. The molecule has 0 aromatic heterocycles. The first-order valence-corrected chi connectivity index (χ1v) is 13.9. The van der Waals surface area contributed by atoms with Crippen LogP contribution in [0.5, 0.6) is 5.75 Å². The van der Waals surface area contributed by atoms with Gasteiger partial charge >= 0.3 is 5.97 Å². The van der Waals surface area contributed by atoms with Crippen molar-refractivity contribution in [3.63, 3.8) is 0 Å². The number of carboxylic acids is 1. The fourth-order valence-electron chi connectivity index (χ4n) is 4.32. The van der Waals surface area contributed by atoms with Gasteiger partial charge in [-0.15, -0.1) is 0 Å². The van der Waals surface area contributed by atoms with Crippen LogP contribution in [0.3, 0.4) is 0 Å². The number of nitrogens with two attached hydrogens (primary N) is 2. The second kappa shape index (κ2) is 17.0. The van der Waals surface area contributed by atoms with Gasteiger partial charge in [0.15, 0.2) is 0 Å². The third kappa shape index (κ3) is 12.0. The van der Waals surface area contributed by atoms with Crippen LogP contribution in [0.15, 0.2) is 54.6 Å². The molecule has 3 amide bonds. The number of benzene rings is 2. The van der Waals surface area contributed by atoms with E-state index >= 15 is 0 Å². The highest BCUT2D eigenvalue weighted by Gasteiger charge is 2.30. The van der Waals surface area contributed by atoms with Crippen LogP contribution in [-0.4, -0.2) is 64.6 Å². The molecule has 4 unspecified atom stereocenters. The number of amides is 3. The van der Waals surface area contributed by atoms with E-state index in [0.717, 1.165) is 11.1 Å². The van der Waals surface area contributed by atoms with Crippen molar-refractivity contribution < 1.29 is 29.4 Å². The normalized spacial score (nSPS) is 14.0. The quantitative estimate of drug-likeness (QED) is 0.138. The van der Waals surface area contributed by atoms with Gasteiger partial charge in [-0.2, -0.15) is 0 Å². The average molecular weight is 570 g/mol. The number of aliphatic carboxylic acids is 1. The fraction of sp³-hybridized carbons (Fsp3) is 0.467. The Morgan fingerprint density at radius 3 is 1.90 bits per heavy atom. The lowest BCUT2D eigenvalue weighted by atomic mass is 10.0. The Balaban J connectivity index is 2.20. The summed E-state index contributed by atoms with van der Waals surface area (Å²) in [6.45, 7) is 4.12. The van der Waals surface area contributed by atoms with Crippen molar-refractivity contribution in [2.75, 3.05) is 6.54 Å². The van der Waals surface area contributed by atoms with Crippen LogP contribution >= 0.6 is 0 Å². The van der Waals surface area contributed by atoms with E-state index in [9.17, 15) is 29.4 Å². The van der Waals surface area contributed by atoms with Gasteiger partial charge in [-0.05, 0) is 67.8 Å². The van der Waals surface area contributed by atoms with Crippen LogP contribution < -0.4 is 27.4 Å². The van der Waals surface area contributed by atoms with Crippen LogP contribution in [-0.2, 0) is 32.0 Å². The van der Waals surface area contributed by atoms with Gasteiger partial charge in [0, 0.05) is 6.42 Å². The molecule has 0 aliphatic rings. The topological polar surface area (TPSA) is 197 Å². The molecule has 2 aromatic carbocycles. The van der Waals surface area contributed by atoms with Gasteiger partial charge in [0.1, 0.15) is 23.9 Å². The molecule has 4 atom stereocenters. The number of carbonyl (C=O) groups excluding carboxylic acids is 3. The summed E-state index contributed by atoms with van der Waals surface area (Å²) in [5.74, 6) is -2.81. The molecule has 11 heteroatoms. The monoisotopic (exact) mass is 569 g/mol. The Labute approximate surface area is 241 Å². The van der Waals surface area contributed by atoms with Gasteiger partial charge in [-0.25, -0.2) is 4.79 Å². The molecule has 0 spiro atoms. The molecule has 0 saturated carbocycles. The molecule has 2 rings (SSSR count). The molecule has 41 heavy (non-hydrogen) atoms. The van der Waals surface area contributed by atoms with E-state index in [0.29, 0.717) is 19.4 Å². The van der Waals surface area contributed by atoms with Gasteiger partial charge in [-0.3, -0.25) is 14.4 Å². The maximum absolute atomic E-state index is 13.5. The maximum Gasteiger partial charge on any atom is 0.326 e. The van der Waals surface area contributed by atoms with Crippen molar-refractivity contribution in [1.82, 2.24) is 16.0 Å². The van der Waals surface area contributed by atoms with E-state index in [-0.39, 0.29) is 37.4 Å². The number of phenolic OH excluding ortho intramolecular Hbond substituents is 1. The fourth-order valence-corrected chi connectivity index (χ4v) is 4.32. The largest absolute Gasteiger partial charge is 0.508 e. The van der Waals surface area contributed by atoms with Crippen LogP contribution in [0, 0.1) is 5.92 Å². The molecular weight excluding hydrogens is 526 g/mol. The average Bonchev–Trinajstić information content (AvgIpc) is 2.93. The van der Waals surface area contributed by atoms with E-state index < -0.39 is 47.9 Å². The minimum absolute atomic E-state index is 0.0199. The molecular formula is C30H43N5O6. The van der Waals surface area contributed by atoms with Crippen molar-refractivity contribution in [3.8, 4) is 5.75 Å². The number of rotatable bonds is 17. The van der Waals surface area contributed by atoms with E-state index in [2.05, 4.69) is 16.0 Å². The Bertz CT molecular complexity index is 1130. The van der Waals surface area contributed by atoms with E-state index in [1.54, 1.807) is 36.4 Å². The van der Waals surface area contributed by atoms with Gasteiger partial charge in [-0.1, -0.05) is 56.3 Å². The Morgan fingerprint density at radius 1 is 0.756 bits per heavy atom. The summed E-state index contributed by atoms with van der Waals surface area (Å²) in [7, 11) is 0. The van der Waals surface area contributed by atoms with E-state index in [1.165, 1.54) is 12.1 Å². The number of carboxylic acid groups (broad SMARTS) is 1. The van der Waals surface area contributed by atoms with Crippen LogP contribution in [0.25, 0.3) is 0 Å². The zero-order chi connectivity index (χ0) is 30.4. The minimum Gasteiger partial charge on any atom is -0.508 e. The van der Waals surface area contributed by atoms with Crippen molar-refractivity contribution >= 4 is 23.7 Å². The molecule has 0 heterocycles. The summed E-state index contributed by atoms with van der Waals surface area (Å²) in [5, 5.41) is 27.1. The van der Waals surface area contributed by atoms with Crippen molar-refractivity contribution in [3.05, 3.63) is 65.7 Å². The Morgan fingerprint density at radius 2 is 1.32 bits per heavy atom. The third-order valence-electron chi connectivity index (χ3n) is 6.55. The van der Waals surface area contributed by atoms with Gasteiger partial charge in [0.05, 0.1) is 6.04 Å². The summed E-state index contributed by atoms with van der Waals surface area (Å²) in [4.78, 5) is 51.5. The minimum atomic E-state index is -1.16. The molecule has 9 N–H and O–H groups in total. The van der Waals surface area contributed by atoms with Crippen molar-refractivity contribution in [2.45, 2.75) is 76.5 Å². The smallest absolute Gasteiger partial charge is 0.326 e. The molecule has 0 aliphatic carbocycles. The van der Waals surface area contributed by atoms with Crippen molar-refractivity contribution in [2.24, 2.45) is 17.4 Å². The highest BCUT2D eigenvalue weighted by molar-refractivity contribution is 5.94. The predicted molar refractivity (Wildman–Crippen MR) is 156 cm³/mol. The zero-order valence-corrected chi connectivity index (χ0v) is 23.7. The molecule has 2 aromatic rings. The lowest BCUT2D eigenvalue weighted by molar-refractivity contribution is -0.142. The number of nitrogens with one attached hydrogen (secondary N) is 3. The second-order valence-electron chi connectivity index (χ2n) is 10.6. The van der Waals surface area contributed by atoms with Crippen molar-refractivity contribution in [1.29, 1.82) is 0 Å². The first kappa shape index (κ1) is 33.2. The number of unbranched alkanes of at least 4 members (excludes halogenated alkanes) is 1. The van der Waals surface area contributed by atoms with E-state index in [4.69, 9.17) is 11.5 Å². The lowest BCUT2D eigenvalue weighted by Gasteiger charge is -2.26. The lowest BCUT2D eigenvalue weighted by Crippen LogP contribution is -2.57. The number of carbonyl (C=O) groups is 4. The summed E-state index contributed by atoms with van der Waals surface area (Å²) in [6, 6.07) is 11.2. The standard InChI is InChI=1S/C30H43N5O6/c1-19(2)16-26(30(40)41)35-29(39)25(18-20-8-4-3-5-9-20)34-28(38)24(10-6-7-15-31)33-27(37)23(32)17-21-11-13-22(36)14-12-21/h3-5,8-9,11-14,19,23-26,36H,6-7,10,15-18,31-32H2,1-2H3,(H,33,37)(H,34,38)(H,35,39)(H,40,41). The summed E-state index contributed by atoms with van der Waals surface area (Å²) in [6.07, 6.45) is 1.98. The van der Waals surface area contributed by atoms with Crippen LogP contribution in [0.2, 0.25) is 0 Å². The Kier molecular flexibility index (Phi) is 13.8. The SMILES string of the molecule is CC(C)CC(NC(=O)C(Cc1ccccc1)NC(=O)C(CCCCN)NC(=O)C(N)Cc1ccc(O)cc1)C(=O)O. The Hall–Kier alpha value is -3.96. The highest BCUT2D eigenvalue weighted by Crippen LogP contribution is 2.12. The number of phenols is 1. The summed E-state index contributed by atoms with van der Waals surface area (Å²) < 4.78 is 0.